The van der Waals surface area contributed by atoms with Gasteiger partial charge in [0.2, 0.25) is 0 Å². The van der Waals surface area contributed by atoms with Gasteiger partial charge in [0.25, 0.3) is 11.8 Å². The third-order valence-electron chi connectivity index (χ3n) is 3.89. The molecule has 0 radical (unpaired) electrons. The van der Waals surface area contributed by atoms with Crippen molar-refractivity contribution in [3.05, 3.63) is 59.7 Å². The van der Waals surface area contributed by atoms with Gasteiger partial charge in [0.1, 0.15) is 5.75 Å². The number of benzene rings is 2. The molecule has 0 saturated carbocycles. The van der Waals surface area contributed by atoms with Crippen molar-refractivity contribution in [2.75, 3.05) is 5.32 Å². The van der Waals surface area contributed by atoms with Gasteiger partial charge in [-0.1, -0.05) is 19.1 Å². The summed E-state index contributed by atoms with van der Waals surface area (Å²) in [6.45, 7) is 7.81. The van der Waals surface area contributed by atoms with E-state index in [2.05, 4.69) is 10.6 Å². The Hall–Kier alpha value is -2.82. The molecule has 5 heteroatoms. The normalized spacial score (nSPS) is 11.7. The van der Waals surface area contributed by atoms with Gasteiger partial charge in [-0.25, -0.2) is 0 Å². The lowest BCUT2D eigenvalue weighted by Crippen LogP contribution is -2.31. The van der Waals surface area contributed by atoms with Crippen LogP contribution in [0.15, 0.2) is 48.5 Å². The van der Waals surface area contributed by atoms with Crippen LogP contribution < -0.4 is 15.4 Å². The van der Waals surface area contributed by atoms with Crippen LogP contribution >= 0.6 is 0 Å². The Balaban J connectivity index is 2.07. The first kappa shape index (κ1) is 19.5. The van der Waals surface area contributed by atoms with Crippen LogP contribution in [-0.4, -0.2) is 24.0 Å². The summed E-state index contributed by atoms with van der Waals surface area (Å²) >= 11 is 0. The van der Waals surface area contributed by atoms with E-state index in [0.29, 0.717) is 22.6 Å². The third-order valence-corrected chi connectivity index (χ3v) is 3.89. The van der Waals surface area contributed by atoms with Crippen molar-refractivity contribution in [3.8, 4) is 5.75 Å². The minimum Gasteiger partial charge on any atom is -0.490 e. The Morgan fingerprint density at radius 3 is 2.23 bits per heavy atom. The second-order valence-electron chi connectivity index (χ2n) is 6.48. The Bertz CT molecular complexity index is 754. The molecular formula is C21H26N2O3. The predicted octanol–water partition coefficient (Wildman–Crippen LogP) is 4.25. The van der Waals surface area contributed by atoms with Crippen molar-refractivity contribution in [1.82, 2.24) is 5.32 Å². The summed E-state index contributed by atoms with van der Waals surface area (Å²) in [5.41, 5.74) is 1.65. The fraction of sp³-hybridized carbons (Fsp3) is 0.333. The number of carbonyl (C=O) groups is 2. The number of hydrogen-bond donors (Lipinski definition) is 2. The number of para-hydroxylation sites is 1. The highest BCUT2D eigenvalue weighted by atomic mass is 16.5. The molecule has 26 heavy (non-hydrogen) atoms. The number of amides is 2. The van der Waals surface area contributed by atoms with Gasteiger partial charge in [0.15, 0.2) is 0 Å². The lowest BCUT2D eigenvalue weighted by Gasteiger charge is -2.14. The molecule has 0 aromatic heterocycles. The minimum absolute atomic E-state index is 0.0211. The van der Waals surface area contributed by atoms with E-state index in [-0.39, 0.29) is 24.0 Å². The zero-order valence-corrected chi connectivity index (χ0v) is 15.7. The molecule has 2 aromatic carbocycles. The Labute approximate surface area is 154 Å². The minimum atomic E-state index is -0.252. The maximum Gasteiger partial charge on any atom is 0.259 e. The van der Waals surface area contributed by atoms with Crippen molar-refractivity contribution in [1.29, 1.82) is 0 Å². The van der Waals surface area contributed by atoms with Crippen LogP contribution in [0.25, 0.3) is 0 Å². The lowest BCUT2D eigenvalue weighted by atomic mass is 10.1. The molecule has 1 unspecified atom stereocenters. The van der Waals surface area contributed by atoms with E-state index < -0.39 is 0 Å². The highest BCUT2D eigenvalue weighted by Crippen LogP contribution is 2.21. The first-order valence-corrected chi connectivity index (χ1v) is 8.88. The first-order chi connectivity index (χ1) is 12.4. The number of anilines is 1. The highest BCUT2D eigenvalue weighted by molar-refractivity contribution is 6.06. The smallest absolute Gasteiger partial charge is 0.259 e. The summed E-state index contributed by atoms with van der Waals surface area (Å²) in [6.07, 6.45) is 0.852. The molecule has 2 N–H and O–H groups in total. The average molecular weight is 354 g/mol. The Kier molecular flexibility index (Phi) is 6.78. The molecule has 0 fully saturated rings. The van der Waals surface area contributed by atoms with E-state index in [4.69, 9.17) is 4.74 Å². The topological polar surface area (TPSA) is 67.4 Å². The largest absolute Gasteiger partial charge is 0.490 e. The van der Waals surface area contributed by atoms with Crippen molar-refractivity contribution in [2.24, 2.45) is 0 Å². The second-order valence-corrected chi connectivity index (χ2v) is 6.48. The maximum atomic E-state index is 12.5. The number of rotatable bonds is 7. The molecular weight excluding hydrogens is 328 g/mol. The summed E-state index contributed by atoms with van der Waals surface area (Å²) in [4.78, 5) is 24.7. The molecule has 138 valence electrons. The number of hydrogen-bond acceptors (Lipinski definition) is 3. The number of carbonyl (C=O) groups excluding carboxylic acids is 2. The van der Waals surface area contributed by atoms with E-state index in [1.165, 1.54) is 0 Å². The number of ether oxygens (including phenoxy) is 1. The average Bonchev–Trinajstić information content (AvgIpc) is 2.62. The molecule has 0 saturated heterocycles. The summed E-state index contributed by atoms with van der Waals surface area (Å²) in [5, 5.41) is 5.75. The summed E-state index contributed by atoms with van der Waals surface area (Å²) in [6, 6.07) is 14.1. The van der Waals surface area contributed by atoms with Gasteiger partial charge >= 0.3 is 0 Å². The van der Waals surface area contributed by atoms with E-state index >= 15 is 0 Å². The van der Waals surface area contributed by atoms with Gasteiger partial charge in [-0.15, -0.1) is 0 Å². The molecule has 0 spiro atoms. The van der Waals surface area contributed by atoms with E-state index in [0.717, 1.165) is 6.42 Å². The van der Waals surface area contributed by atoms with Crippen molar-refractivity contribution in [3.63, 3.8) is 0 Å². The van der Waals surface area contributed by atoms with E-state index in [1.807, 2.05) is 33.8 Å². The van der Waals surface area contributed by atoms with Gasteiger partial charge < -0.3 is 15.4 Å². The molecule has 0 bridgehead atoms. The summed E-state index contributed by atoms with van der Waals surface area (Å²) in [7, 11) is 0. The van der Waals surface area contributed by atoms with Crippen LogP contribution in [0.3, 0.4) is 0 Å². The van der Waals surface area contributed by atoms with Crippen LogP contribution in [0.1, 0.15) is 54.8 Å². The fourth-order valence-corrected chi connectivity index (χ4v) is 2.32. The highest BCUT2D eigenvalue weighted by Gasteiger charge is 2.14. The van der Waals surface area contributed by atoms with E-state index in [1.54, 1.807) is 42.5 Å². The van der Waals surface area contributed by atoms with Crippen molar-refractivity contribution < 1.29 is 14.3 Å². The van der Waals surface area contributed by atoms with Gasteiger partial charge in [-0.2, -0.15) is 0 Å². The quantitative estimate of drug-likeness (QED) is 0.781. The fourth-order valence-electron chi connectivity index (χ4n) is 2.32. The third kappa shape index (κ3) is 5.34. The zero-order valence-electron chi connectivity index (χ0n) is 15.7. The van der Waals surface area contributed by atoms with Crippen LogP contribution in [0, 0.1) is 0 Å². The molecule has 0 aliphatic heterocycles. The summed E-state index contributed by atoms with van der Waals surface area (Å²) in [5.74, 6) is 0.176. The van der Waals surface area contributed by atoms with E-state index in [9.17, 15) is 9.59 Å². The molecule has 1 atom stereocenters. The van der Waals surface area contributed by atoms with Gasteiger partial charge in [-0.3, -0.25) is 9.59 Å². The number of nitrogens with one attached hydrogen (secondary N) is 2. The van der Waals surface area contributed by atoms with Crippen LogP contribution in [0.2, 0.25) is 0 Å². The molecule has 2 aromatic rings. The van der Waals surface area contributed by atoms with Gasteiger partial charge in [0.05, 0.1) is 11.7 Å². The molecule has 0 aliphatic carbocycles. The zero-order chi connectivity index (χ0) is 19.1. The molecule has 2 amide bonds. The first-order valence-electron chi connectivity index (χ1n) is 8.88. The Morgan fingerprint density at radius 1 is 0.962 bits per heavy atom. The molecule has 2 rings (SSSR count). The molecule has 0 heterocycles. The van der Waals surface area contributed by atoms with Gasteiger partial charge in [0, 0.05) is 17.3 Å². The SMILES string of the molecule is CCC(C)NC(=O)c1ccc(NC(=O)c2ccccc2OC(C)C)cc1. The molecule has 5 nitrogen and oxygen atoms in total. The van der Waals surface area contributed by atoms with Crippen molar-refractivity contribution >= 4 is 17.5 Å². The monoisotopic (exact) mass is 354 g/mol. The van der Waals surface area contributed by atoms with Crippen LogP contribution in [0.5, 0.6) is 5.75 Å². The van der Waals surface area contributed by atoms with Crippen LogP contribution in [0.4, 0.5) is 5.69 Å². The van der Waals surface area contributed by atoms with Crippen molar-refractivity contribution in [2.45, 2.75) is 46.3 Å². The Morgan fingerprint density at radius 2 is 1.62 bits per heavy atom. The molecule has 0 aliphatic rings. The lowest BCUT2D eigenvalue weighted by molar-refractivity contribution is 0.0938. The standard InChI is InChI=1S/C21H26N2O3/c1-5-15(4)22-20(24)16-10-12-17(13-11-16)23-21(25)18-8-6-7-9-19(18)26-14(2)3/h6-15H,5H2,1-4H3,(H,22,24)(H,23,25). The van der Waals surface area contributed by atoms with Crippen LogP contribution in [-0.2, 0) is 0 Å². The summed E-state index contributed by atoms with van der Waals surface area (Å²) < 4.78 is 5.69. The van der Waals surface area contributed by atoms with Gasteiger partial charge in [-0.05, 0) is 63.6 Å². The second kappa shape index (κ2) is 9.04. The predicted molar refractivity (Wildman–Crippen MR) is 104 cm³/mol. The maximum absolute atomic E-state index is 12.5.